The van der Waals surface area contributed by atoms with Gasteiger partial charge in [-0.05, 0) is 31.2 Å². The highest BCUT2D eigenvalue weighted by Gasteiger charge is 2.14. The summed E-state index contributed by atoms with van der Waals surface area (Å²) in [6, 6.07) is 12.8. The zero-order chi connectivity index (χ0) is 15.5. The van der Waals surface area contributed by atoms with E-state index in [2.05, 4.69) is 4.72 Å². The molecule has 0 aliphatic rings. The summed E-state index contributed by atoms with van der Waals surface area (Å²) in [4.78, 5) is 11.7. The molecule has 0 saturated carbocycles. The number of carbonyl (C=O) groups is 1. The number of sulfonamides is 1. The van der Waals surface area contributed by atoms with Crippen molar-refractivity contribution in [3.63, 3.8) is 0 Å². The van der Waals surface area contributed by atoms with E-state index in [1.54, 1.807) is 30.3 Å². The summed E-state index contributed by atoms with van der Waals surface area (Å²) in [6.07, 6.45) is 0. The Kier molecular flexibility index (Phi) is 4.40. The van der Waals surface area contributed by atoms with Crippen LogP contribution in [0, 0.1) is 6.92 Å². The van der Waals surface area contributed by atoms with Gasteiger partial charge in [-0.15, -0.1) is 0 Å². The van der Waals surface area contributed by atoms with Crippen molar-refractivity contribution in [3.8, 4) is 0 Å². The Labute approximate surface area is 123 Å². The Morgan fingerprint density at radius 2 is 1.81 bits per heavy atom. The van der Waals surface area contributed by atoms with Crippen LogP contribution in [0.2, 0.25) is 0 Å². The Morgan fingerprint density at radius 1 is 1.14 bits per heavy atom. The molecule has 0 spiro atoms. The van der Waals surface area contributed by atoms with E-state index in [9.17, 15) is 13.2 Å². The summed E-state index contributed by atoms with van der Waals surface area (Å²) < 4.78 is 26.9. The van der Waals surface area contributed by atoms with Crippen molar-refractivity contribution in [2.45, 2.75) is 11.8 Å². The Balaban J connectivity index is 2.28. The van der Waals surface area contributed by atoms with Gasteiger partial charge < -0.3 is 5.73 Å². The number of nitrogens with one attached hydrogen (secondary N) is 1. The molecule has 0 heterocycles. The Morgan fingerprint density at radius 3 is 2.43 bits per heavy atom. The molecule has 0 radical (unpaired) electrons. The quantitative estimate of drug-likeness (QED) is 0.826. The fourth-order valence-corrected chi connectivity index (χ4v) is 2.85. The molecule has 0 fully saturated rings. The average Bonchev–Trinajstić information content (AvgIpc) is 2.46. The van der Waals surface area contributed by atoms with Crippen molar-refractivity contribution in [1.29, 1.82) is 0 Å². The van der Waals surface area contributed by atoms with Gasteiger partial charge in [0.2, 0.25) is 0 Å². The fourth-order valence-electron chi connectivity index (χ4n) is 1.81. The maximum atomic E-state index is 12.2. The predicted octanol–water partition coefficient (Wildman–Crippen LogP) is 1.94. The van der Waals surface area contributed by atoms with Crippen LogP contribution in [0.25, 0.3) is 0 Å². The third-order valence-electron chi connectivity index (χ3n) is 2.95. The number of anilines is 1. The zero-order valence-corrected chi connectivity index (χ0v) is 12.4. The van der Waals surface area contributed by atoms with E-state index < -0.39 is 10.0 Å². The maximum Gasteiger partial charge on any atom is 0.261 e. The van der Waals surface area contributed by atoms with Crippen molar-refractivity contribution in [1.82, 2.24) is 0 Å². The molecule has 2 aromatic rings. The smallest absolute Gasteiger partial charge is 0.261 e. The third-order valence-corrected chi connectivity index (χ3v) is 4.35. The lowest BCUT2D eigenvalue weighted by molar-refractivity contribution is 0.100. The van der Waals surface area contributed by atoms with Crippen molar-refractivity contribution in [2.75, 3.05) is 11.3 Å². The standard InChI is InChI=1S/C15H16N2O3S/c1-11-5-7-14(8-6-11)21(19,20)17-13-4-2-3-12(9-13)15(18)10-16/h2-9,17H,10,16H2,1H3. The number of aryl methyl sites for hydroxylation is 1. The molecule has 3 N–H and O–H groups in total. The van der Waals surface area contributed by atoms with E-state index in [1.165, 1.54) is 18.2 Å². The van der Waals surface area contributed by atoms with E-state index in [0.717, 1.165) is 5.56 Å². The summed E-state index contributed by atoms with van der Waals surface area (Å²) in [5.74, 6) is -0.244. The van der Waals surface area contributed by atoms with Gasteiger partial charge in [0.15, 0.2) is 5.78 Å². The number of carbonyl (C=O) groups excluding carboxylic acids is 1. The molecule has 21 heavy (non-hydrogen) atoms. The normalized spacial score (nSPS) is 11.1. The van der Waals surface area contributed by atoms with Crippen molar-refractivity contribution in [3.05, 3.63) is 59.7 Å². The zero-order valence-electron chi connectivity index (χ0n) is 11.5. The van der Waals surface area contributed by atoms with E-state index in [0.29, 0.717) is 11.3 Å². The highest BCUT2D eigenvalue weighted by Crippen LogP contribution is 2.17. The second-order valence-corrected chi connectivity index (χ2v) is 6.31. The van der Waals surface area contributed by atoms with Crippen LogP contribution in [-0.4, -0.2) is 20.7 Å². The van der Waals surface area contributed by atoms with Gasteiger partial charge in [-0.1, -0.05) is 29.8 Å². The SMILES string of the molecule is Cc1ccc(S(=O)(=O)Nc2cccc(C(=O)CN)c2)cc1. The van der Waals surface area contributed by atoms with Crippen LogP contribution in [-0.2, 0) is 10.0 Å². The van der Waals surface area contributed by atoms with Crippen LogP contribution in [0.4, 0.5) is 5.69 Å². The molecule has 5 nitrogen and oxygen atoms in total. The molecule has 6 heteroatoms. The van der Waals surface area contributed by atoms with Crippen LogP contribution < -0.4 is 10.5 Å². The van der Waals surface area contributed by atoms with Crippen LogP contribution in [0.1, 0.15) is 15.9 Å². The first-order chi connectivity index (χ1) is 9.92. The van der Waals surface area contributed by atoms with Gasteiger partial charge in [0, 0.05) is 11.3 Å². The first kappa shape index (κ1) is 15.2. The predicted molar refractivity (Wildman–Crippen MR) is 81.8 cm³/mol. The monoisotopic (exact) mass is 304 g/mol. The van der Waals surface area contributed by atoms with Gasteiger partial charge in [-0.25, -0.2) is 8.42 Å². The first-order valence-electron chi connectivity index (χ1n) is 6.35. The largest absolute Gasteiger partial charge is 0.324 e. The fraction of sp³-hybridized carbons (Fsp3) is 0.133. The lowest BCUT2D eigenvalue weighted by atomic mass is 10.1. The third kappa shape index (κ3) is 3.68. The van der Waals surface area contributed by atoms with E-state index in [-0.39, 0.29) is 17.2 Å². The van der Waals surface area contributed by atoms with E-state index >= 15 is 0 Å². The summed E-state index contributed by atoms with van der Waals surface area (Å²) in [6.45, 7) is 1.76. The summed E-state index contributed by atoms with van der Waals surface area (Å²) >= 11 is 0. The molecule has 2 aromatic carbocycles. The Hall–Kier alpha value is -2.18. The van der Waals surface area contributed by atoms with E-state index in [4.69, 9.17) is 5.73 Å². The average molecular weight is 304 g/mol. The highest BCUT2D eigenvalue weighted by atomic mass is 32.2. The molecule has 0 aromatic heterocycles. The molecule has 2 rings (SSSR count). The number of rotatable bonds is 5. The molecular formula is C15H16N2O3S. The van der Waals surface area contributed by atoms with Crippen LogP contribution in [0.5, 0.6) is 0 Å². The molecule has 0 unspecified atom stereocenters. The van der Waals surface area contributed by atoms with E-state index in [1.807, 2.05) is 6.92 Å². The first-order valence-corrected chi connectivity index (χ1v) is 7.83. The highest BCUT2D eigenvalue weighted by molar-refractivity contribution is 7.92. The Bertz CT molecular complexity index is 753. The molecule has 0 saturated heterocycles. The summed E-state index contributed by atoms with van der Waals surface area (Å²) in [7, 11) is -3.67. The molecule has 0 bridgehead atoms. The number of Topliss-reactive ketones (excluding diaryl/α,β-unsaturated/α-hetero) is 1. The number of hydrogen-bond donors (Lipinski definition) is 2. The van der Waals surface area contributed by atoms with Crippen molar-refractivity contribution >= 4 is 21.5 Å². The van der Waals surface area contributed by atoms with Gasteiger partial charge in [-0.2, -0.15) is 0 Å². The molecule has 0 aliphatic carbocycles. The van der Waals surface area contributed by atoms with Gasteiger partial charge in [0.05, 0.1) is 11.4 Å². The molecular weight excluding hydrogens is 288 g/mol. The molecule has 0 aliphatic heterocycles. The van der Waals surface area contributed by atoms with Gasteiger partial charge in [0.25, 0.3) is 10.0 Å². The summed E-state index contributed by atoms with van der Waals surface area (Å²) in [5.41, 5.74) is 6.98. The minimum absolute atomic E-state index is 0.117. The van der Waals surface area contributed by atoms with Gasteiger partial charge in [0.1, 0.15) is 0 Å². The lowest BCUT2D eigenvalue weighted by Crippen LogP contribution is -2.15. The topological polar surface area (TPSA) is 89.3 Å². The van der Waals surface area contributed by atoms with Gasteiger partial charge >= 0.3 is 0 Å². The lowest BCUT2D eigenvalue weighted by Gasteiger charge is -2.09. The minimum atomic E-state index is -3.67. The van der Waals surface area contributed by atoms with Crippen LogP contribution in [0.15, 0.2) is 53.4 Å². The second kappa shape index (κ2) is 6.07. The second-order valence-electron chi connectivity index (χ2n) is 4.63. The van der Waals surface area contributed by atoms with Crippen molar-refractivity contribution in [2.24, 2.45) is 5.73 Å². The maximum absolute atomic E-state index is 12.2. The molecule has 0 atom stereocenters. The summed E-state index contributed by atoms with van der Waals surface area (Å²) in [5, 5.41) is 0. The minimum Gasteiger partial charge on any atom is -0.324 e. The number of nitrogens with two attached hydrogens (primary N) is 1. The van der Waals surface area contributed by atoms with Crippen molar-refractivity contribution < 1.29 is 13.2 Å². The number of ketones is 1. The number of hydrogen-bond acceptors (Lipinski definition) is 4. The molecule has 110 valence electrons. The molecule has 0 amide bonds. The van der Waals surface area contributed by atoms with Crippen LogP contribution >= 0.6 is 0 Å². The van der Waals surface area contributed by atoms with Crippen LogP contribution in [0.3, 0.4) is 0 Å². The van der Waals surface area contributed by atoms with Gasteiger partial charge in [-0.3, -0.25) is 9.52 Å². The number of benzene rings is 2.